The van der Waals surface area contributed by atoms with Crippen molar-refractivity contribution < 1.29 is 29.2 Å². The predicted molar refractivity (Wildman–Crippen MR) is 65.4 cm³/mol. The number of aliphatic hydroxyl groups excluding tert-OH is 1. The molecule has 19 heavy (non-hydrogen) atoms. The largest absolute Gasteiger partial charge is 0.481 e. The summed E-state index contributed by atoms with van der Waals surface area (Å²) in [6.45, 7) is 2.01. The van der Waals surface area contributed by atoms with Crippen LogP contribution in [0.15, 0.2) is 0 Å². The van der Waals surface area contributed by atoms with Crippen LogP contribution in [0, 0.1) is 0 Å². The highest BCUT2D eigenvalue weighted by Gasteiger charge is 2.50. The van der Waals surface area contributed by atoms with Gasteiger partial charge in [0.1, 0.15) is 12.2 Å². The van der Waals surface area contributed by atoms with E-state index in [1.807, 2.05) is 6.92 Å². The monoisotopic (exact) mass is 274 g/mol. The maximum Gasteiger partial charge on any atom is 0.303 e. The van der Waals surface area contributed by atoms with Crippen LogP contribution in [0.25, 0.3) is 0 Å². The summed E-state index contributed by atoms with van der Waals surface area (Å²) >= 11 is 0. The van der Waals surface area contributed by atoms with E-state index in [0.29, 0.717) is 12.8 Å². The molecule has 110 valence electrons. The standard InChI is InChI=1S/C13H22O6/c1-2-8(5-3-4-6-11(15)16)17-12-9(14)7-10-13(18-10)19-12/h8-10,12-14H,2-7H2,1H3,(H,15,16)/t8-,9+,10-,12?,13?/m1/s1. The zero-order valence-corrected chi connectivity index (χ0v) is 11.2. The zero-order valence-electron chi connectivity index (χ0n) is 11.2. The summed E-state index contributed by atoms with van der Waals surface area (Å²) in [7, 11) is 0. The number of hydrogen-bond donors (Lipinski definition) is 2. The Morgan fingerprint density at radius 2 is 2.21 bits per heavy atom. The summed E-state index contributed by atoms with van der Waals surface area (Å²) in [5.41, 5.74) is 0. The van der Waals surface area contributed by atoms with Crippen molar-refractivity contribution in [2.45, 2.75) is 76.3 Å². The fourth-order valence-electron chi connectivity index (χ4n) is 2.31. The first-order chi connectivity index (χ1) is 9.10. The van der Waals surface area contributed by atoms with Gasteiger partial charge in [-0.3, -0.25) is 4.79 Å². The van der Waals surface area contributed by atoms with Gasteiger partial charge in [0.05, 0.1) is 6.10 Å². The lowest BCUT2D eigenvalue weighted by Gasteiger charge is -2.29. The summed E-state index contributed by atoms with van der Waals surface area (Å²) in [5.74, 6) is -0.767. The van der Waals surface area contributed by atoms with Gasteiger partial charge in [-0.25, -0.2) is 0 Å². The molecular weight excluding hydrogens is 252 g/mol. The van der Waals surface area contributed by atoms with Crippen LogP contribution >= 0.6 is 0 Å². The highest BCUT2D eigenvalue weighted by molar-refractivity contribution is 5.66. The molecule has 2 rings (SSSR count). The van der Waals surface area contributed by atoms with Crippen LogP contribution in [0.3, 0.4) is 0 Å². The Balaban J connectivity index is 1.67. The molecule has 2 unspecified atom stereocenters. The van der Waals surface area contributed by atoms with Gasteiger partial charge in [0, 0.05) is 12.8 Å². The smallest absolute Gasteiger partial charge is 0.303 e. The van der Waals surface area contributed by atoms with E-state index in [2.05, 4.69) is 0 Å². The molecule has 0 aromatic carbocycles. The maximum absolute atomic E-state index is 10.4. The first-order valence-corrected chi connectivity index (χ1v) is 6.96. The number of rotatable bonds is 8. The van der Waals surface area contributed by atoms with Gasteiger partial charge < -0.3 is 24.4 Å². The summed E-state index contributed by atoms with van der Waals surface area (Å²) in [6, 6.07) is 0. The van der Waals surface area contributed by atoms with E-state index in [9.17, 15) is 9.90 Å². The van der Waals surface area contributed by atoms with Crippen LogP contribution in [0.1, 0.15) is 45.4 Å². The number of aliphatic carboxylic acids is 1. The molecule has 2 aliphatic rings. The molecule has 0 radical (unpaired) electrons. The first-order valence-electron chi connectivity index (χ1n) is 6.96. The first kappa shape index (κ1) is 14.7. The Labute approximate surface area is 112 Å². The summed E-state index contributed by atoms with van der Waals surface area (Å²) in [5, 5.41) is 18.4. The van der Waals surface area contributed by atoms with Gasteiger partial charge in [0.2, 0.25) is 0 Å². The van der Waals surface area contributed by atoms with Crippen LogP contribution in [0.5, 0.6) is 0 Å². The molecule has 2 heterocycles. The van der Waals surface area contributed by atoms with Crippen LogP contribution in [0.2, 0.25) is 0 Å². The van der Waals surface area contributed by atoms with Gasteiger partial charge in [-0.15, -0.1) is 0 Å². The van der Waals surface area contributed by atoms with E-state index in [1.54, 1.807) is 0 Å². The Morgan fingerprint density at radius 3 is 2.89 bits per heavy atom. The topological polar surface area (TPSA) is 88.5 Å². The van der Waals surface area contributed by atoms with Crippen molar-refractivity contribution in [1.82, 2.24) is 0 Å². The number of aliphatic hydroxyl groups is 1. The minimum atomic E-state index is -0.767. The van der Waals surface area contributed by atoms with Crippen LogP contribution in [0.4, 0.5) is 0 Å². The molecule has 0 spiro atoms. The van der Waals surface area contributed by atoms with Gasteiger partial charge in [0.25, 0.3) is 0 Å². The molecule has 2 saturated heterocycles. The Kier molecular flexibility index (Phi) is 5.15. The molecule has 6 nitrogen and oxygen atoms in total. The second-order valence-corrected chi connectivity index (χ2v) is 5.16. The van der Waals surface area contributed by atoms with Crippen LogP contribution in [-0.2, 0) is 19.0 Å². The molecule has 2 N–H and O–H groups in total. The predicted octanol–water partition coefficient (Wildman–Crippen LogP) is 1.26. The number of carboxylic acids is 1. The number of unbranched alkanes of at least 4 members (excludes halogenated alkanes) is 1. The summed E-state index contributed by atoms with van der Waals surface area (Å²) in [6.07, 6.45) is 2.35. The van der Waals surface area contributed by atoms with Gasteiger partial charge in [-0.05, 0) is 19.3 Å². The SMILES string of the molecule is CC[C@H](CCCCC(=O)O)OC1OC2O[C@@H]2C[C@@H]1O. The molecule has 0 amide bonds. The third-order valence-electron chi connectivity index (χ3n) is 3.54. The van der Waals surface area contributed by atoms with E-state index < -0.39 is 18.4 Å². The quantitative estimate of drug-likeness (QED) is 0.511. The Morgan fingerprint density at radius 1 is 1.42 bits per heavy atom. The number of carboxylic acid groups (broad SMARTS) is 1. The third-order valence-corrected chi connectivity index (χ3v) is 3.54. The van der Waals surface area contributed by atoms with E-state index >= 15 is 0 Å². The summed E-state index contributed by atoms with van der Waals surface area (Å²) in [4.78, 5) is 10.4. The minimum absolute atomic E-state index is 0.0104. The summed E-state index contributed by atoms with van der Waals surface area (Å²) < 4.78 is 16.4. The Bertz CT molecular complexity index is 308. The van der Waals surface area contributed by atoms with Crippen LogP contribution < -0.4 is 0 Å². The molecule has 0 saturated carbocycles. The molecule has 0 bridgehead atoms. The minimum Gasteiger partial charge on any atom is -0.481 e. The van der Waals surface area contributed by atoms with Gasteiger partial charge >= 0.3 is 5.97 Å². The van der Waals surface area contributed by atoms with Crippen molar-refractivity contribution in [2.24, 2.45) is 0 Å². The molecule has 6 heteroatoms. The second kappa shape index (κ2) is 6.65. The van der Waals surface area contributed by atoms with Crippen molar-refractivity contribution in [3.63, 3.8) is 0 Å². The molecule has 2 fully saturated rings. The van der Waals surface area contributed by atoms with E-state index in [-0.39, 0.29) is 24.9 Å². The van der Waals surface area contributed by atoms with E-state index in [0.717, 1.165) is 19.3 Å². The number of ether oxygens (including phenoxy) is 3. The fourth-order valence-corrected chi connectivity index (χ4v) is 2.31. The number of carbonyl (C=O) groups is 1. The van der Waals surface area contributed by atoms with Gasteiger partial charge in [-0.2, -0.15) is 0 Å². The third kappa shape index (κ3) is 4.42. The lowest BCUT2D eigenvalue weighted by atomic mass is 10.1. The van der Waals surface area contributed by atoms with Gasteiger partial charge in [0.15, 0.2) is 12.6 Å². The lowest BCUT2D eigenvalue weighted by molar-refractivity contribution is -0.242. The molecule has 0 aliphatic carbocycles. The van der Waals surface area contributed by atoms with Crippen molar-refractivity contribution in [3.8, 4) is 0 Å². The van der Waals surface area contributed by atoms with Crippen molar-refractivity contribution in [3.05, 3.63) is 0 Å². The van der Waals surface area contributed by atoms with Crippen molar-refractivity contribution >= 4 is 5.97 Å². The fraction of sp³-hybridized carbons (Fsp3) is 0.923. The average Bonchev–Trinajstić information content (AvgIpc) is 3.10. The number of fused-ring (bicyclic) bond motifs is 1. The van der Waals surface area contributed by atoms with Gasteiger partial charge in [-0.1, -0.05) is 13.3 Å². The second-order valence-electron chi connectivity index (χ2n) is 5.16. The normalized spacial score (nSPS) is 34.6. The number of epoxide rings is 1. The molecule has 0 aromatic heterocycles. The van der Waals surface area contributed by atoms with Crippen molar-refractivity contribution in [2.75, 3.05) is 0 Å². The highest BCUT2D eigenvalue weighted by atomic mass is 16.8. The van der Waals surface area contributed by atoms with E-state index in [1.165, 1.54) is 0 Å². The Hall–Kier alpha value is -0.690. The molecule has 5 atom stereocenters. The molecule has 2 aliphatic heterocycles. The molecular formula is C13H22O6. The zero-order chi connectivity index (χ0) is 13.8. The van der Waals surface area contributed by atoms with Crippen LogP contribution in [-0.4, -0.2) is 47.1 Å². The number of hydrogen-bond acceptors (Lipinski definition) is 5. The lowest BCUT2D eigenvalue weighted by Crippen LogP contribution is -2.40. The maximum atomic E-state index is 10.4. The average molecular weight is 274 g/mol. The molecule has 0 aromatic rings. The highest BCUT2D eigenvalue weighted by Crippen LogP contribution is 2.36. The van der Waals surface area contributed by atoms with Crippen molar-refractivity contribution in [1.29, 1.82) is 0 Å². The van der Waals surface area contributed by atoms with E-state index in [4.69, 9.17) is 19.3 Å².